The maximum absolute atomic E-state index is 11.5. The summed E-state index contributed by atoms with van der Waals surface area (Å²) in [4.78, 5) is 19.8. The number of halogens is 1. The van der Waals surface area contributed by atoms with Crippen LogP contribution < -0.4 is 9.64 Å². The molecule has 4 rings (SSSR count). The van der Waals surface area contributed by atoms with Crippen molar-refractivity contribution in [1.82, 2.24) is 9.88 Å². The Morgan fingerprint density at radius 2 is 1.78 bits per heavy atom. The minimum Gasteiger partial charge on any atom is -0.487 e. The summed E-state index contributed by atoms with van der Waals surface area (Å²) >= 11 is 6.32. The van der Waals surface area contributed by atoms with Gasteiger partial charge < -0.3 is 14.5 Å². The molecule has 2 aromatic carbocycles. The average molecular weight is 448 g/mol. The Bertz CT molecular complexity index is 1080. The highest BCUT2D eigenvalue weighted by Crippen LogP contribution is 2.21. The van der Waals surface area contributed by atoms with Gasteiger partial charge in [0.2, 0.25) is 5.91 Å². The molecule has 1 aliphatic rings. The van der Waals surface area contributed by atoms with E-state index in [9.17, 15) is 4.79 Å². The Kier molecular flexibility index (Phi) is 7.07. The molecular weight excluding hydrogens is 422 g/mol. The van der Waals surface area contributed by atoms with E-state index < -0.39 is 0 Å². The van der Waals surface area contributed by atoms with E-state index >= 15 is 0 Å². The van der Waals surface area contributed by atoms with Gasteiger partial charge in [0, 0.05) is 50.0 Å². The summed E-state index contributed by atoms with van der Waals surface area (Å²) in [6.07, 6.45) is 7.55. The highest BCUT2D eigenvalue weighted by atomic mass is 35.5. The molecule has 0 N–H and O–H groups in total. The molecule has 1 aromatic heterocycles. The van der Waals surface area contributed by atoms with Crippen LogP contribution in [0.25, 0.3) is 12.2 Å². The number of hydrogen-bond donors (Lipinski definition) is 0. The summed E-state index contributed by atoms with van der Waals surface area (Å²) in [5.41, 5.74) is 4.32. The second kappa shape index (κ2) is 10.3. The molecule has 0 saturated carbocycles. The predicted molar refractivity (Wildman–Crippen MR) is 130 cm³/mol. The van der Waals surface area contributed by atoms with Gasteiger partial charge in [0.05, 0.1) is 6.20 Å². The average Bonchev–Trinajstić information content (AvgIpc) is 2.82. The maximum Gasteiger partial charge on any atom is 0.219 e. The molecule has 0 atom stereocenters. The number of ether oxygens (including phenoxy) is 1. The van der Waals surface area contributed by atoms with Crippen LogP contribution in [0.1, 0.15) is 23.6 Å². The first-order valence-electron chi connectivity index (χ1n) is 10.7. The molecule has 5 nitrogen and oxygen atoms in total. The number of benzene rings is 2. The first kappa shape index (κ1) is 21.9. The topological polar surface area (TPSA) is 45.7 Å². The number of amides is 1. The molecule has 6 heteroatoms. The van der Waals surface area contributed by atoms with Gasteiger partial charge in [-0.05, 0) is 59.2 Å². The first-order valence-corrected chi connectivity index (χ1v) is 11.1. The van der Waals surface area contributed by atoms with Crippen molar-refractivity contribution < 1.29 is 9.53 Å². The normalized spacial score (nSPS) is 14.1. The Balaban J connectivity index is 1.37. The highest BCUT2D eigenvalue weighted by Gasteiger charge is 2.18. The quantitative estimate of drug-likeness (QED) is 0.490. The fourth-order valence-corrected chi connectivity index (χ4v) is 3.99. The Morgan fingerprint density at radius 3 is 2.47 bits per heavy atom. The third-order valence-electron chi connectivity index (χ3n) is 5.47. The fraction of sp³-hybridized carbons (Fsp3) is 0.231. The molecule has 0 radical (unpaired) electrons. The van der Waals surface area contributed by atoms with E-state index in [1.54, 1.807) is 19.3 Å². The second-order valence-electron chi connectivity index (χ2n) is 7.79. The SMILES string of the molecule is CC(=O)N1CCN(c2ccc(C=Cc3cc(Cl)cc(COc4cccnc4)c3)cc2)CC1. The Hall–Kier alpha value is -3.31. The molecule has 1 amide bonds. The number of pyridine rings is 1. The van der Waals surface area contributed by atoms with E-state index in [0.29, 0.717) is 11.6 Å². The van der Waals surface area contributed by atoms with Crippen LogP contribution in [0.3, 0.4) is 0 Å². The predicted octanol–water partition coefficient (Wildman–Crippen LogP) is 5.15. The fourth-order valence-electron chi connectivity index (χ4n) is 3.72. The van der Waals surface area contributed by atoms with Crippen molar-refractivity contribution in [3.8, 4) is 5.75 Å². The van der Waals surface area contributed by atoms with Crippen molar-refractivity contribution >= 4 is 35.3 Å². The van der Waals surface area contributed by atoms with Crippen molar-refractivity contribution in [2.45, 2.75) is 13.5 Å². The molecule has 0 bridgehead atoms. The van der Waals surface area contributed by atoms with Gasteiger partial charge in [0.1, 0.15) is 12.4 Å². The number of hydrogen-bond acceptors (Lipinski definition) is 4. The number of piperazine rings is 1. The van der Waals surface area contributed by atoms with Gasteiger partial charge in [-0.15, -0.1) is 0 Å². The number of anilines is 1. The van der Waals surface area contributed by atoms with Crippen molar-refractivity contribution in [3.63, 3.8) is 0 Å². The van der Waals surface area contributed by atoms with Crippen LogP contribution in [0, 0.1) is 0 Å². The standard InChI is InChI=1S/C26H26ClN3O2/c1-20(31)29-11-13-30(14-12-29)25-8-6-21(7-9-25)4-5-22-15-23(17-24(27)16-22)19-32-26-3-2-10-28-18-26/h2-10,15-18H,11-14,19H2,1H3. The number of rotatable bonds is 6. The lowest BCUT2D eigenvalue weighted by molar-refractivity contribution is -0.129. The van der Waals surface area contributed by atoms with Crippen molar-refractivity contribution in [3.05, 3.63) is 88.7 Å². The third kappa shape index (κ3) is 5.89. The van der Waals surface area contributed by atoms with Crippen LogP contribution in [-0.4, -0.2) is 42.0 Å². The van der Waals surface area contributed by atoms with E-state index in [1.807, 2.05) is 29.2 Å². The molecule has 1 aliphatic heterocycles. The molecule has 1 fully saturated rings. The number of nitrogens with zero attached hydrogens (tertiary/aromatic N) is 3. The number of carbonyl (C=O) groups is 1. The minimum absolute atomic E-state index is 0.151. The van der Waals surface area contributed by atoms with Gasteiger partial charge in [0.25, 0.3) is 0 Å². The zero-order valence-electron chi connectivity index (χ0n) is 18.1. The zero-order valence-corrected chi connectivity index (χ0v) is 18.8. The smallest absolute Gasteiger partial charge is 0.219 e. The van der Waals surface area contributed by atoms with E-state index in [0.717, 1.165) is 48.6 Å². The second-order valence-corrected chi connectivity index (χ2v) is 8.22. The summed E-state index contributed by atoms with van der Waals surface area (Å²) in [5.74, 6) is 0.880. The molecule has 3 aromatic rings. The lowest BCUT2D eigenvalue weighted by atomic mass is 10.1. The maximum atomic E-state index is 11.5. The summed E-state index contributed by atoms with van der Waals surface area (Å²) < 4.78 is 5.78. The molecule has 0 spiro atoms. The molecule has 32 heavy (non-hydrogen) atoms. The van der Waals surface area contributed by atoms with Gasteiger partial charge in [-0.1, -0.05) is 35.9 Å². The van der Waals surface area contributed by atoms with Crippen molar-refractivity contribution in [1.29, 1.82) is 0 Å². The molecule has 0 unspecified atom stereocenters. The van der Waals surface area contributed by atoms with Crippen molar-refractivity contribution in [2.24, 2.45) is 0 Å². The largest absolute Gasteiger partial charge is 0.487 e. The summed E-state index contributed by atoms with van der Waals surface area (Å²) in [6, 6.07) is 18.1. The van der Waals surface area contributed by atoms with Crippen LogP contribution in [0.15, 0.2) is 67.0 Å². The van der Waals surface area contributed by atoms with Crippen LogP contribution in [0.5, 0.6) is 5.75 Å². The molecular formula is C26H26ClN3O2. The van der Waals surface area contributed by atoms with Crippen LogP contribution in [0.4, 0.5) is 5.69 Å². The van der Waals surface area contributed by atoms with E-state index in [-0.39, 0.29) is 5.91 Å². The first-order chi connectivity index (χ1) is 15.6. The van der Waals surface area contributed by atoms with Crippen LogP contribution in [-0.2, 0) is 11.4 Å². The van der Waals surface area contributed by atoms with Gasteiger partial charge in [-0.3, -0.25) is 9.78 Å². The molecule has 164 valence electrons. The van der Waals surface area contributed by atoms with Gasteiger partial charge >= 0.3 is 0 Å². The monoisotopic (exact) mass is 447 g/mol. The van der Waals surface area contributed by atoms with Gasteiger partial charge in [0.15, 0.2) is 0 Å². The molecule has 2 heterocycles. The summed E-state index contributed by atoms with van der Waals surface area (Å²) in [7, 11) is 0. The van der Waals surface area contributed by atoms with Crippen LogP contribution >= 0.6 is 11.6 Å². The van der Waals surface area contributed by atoms with Gasteiger partial charge in [-0.2, -0.15) is 0 Å². The van der Waals surface area contributed by atoms with E-state index in [2.05, 4.69) is 52.4 Å². The van der Waals surface area contributed by atoms with E-state index in [1.165, 1.54) is 5.69 Å². The Labute approximate surface area is 193 Å². The Morgan fingerprint density at radius 1 is 1.03 bits per heavy atom. The van der Waals surface area contributed by atoms with E-state index in [4.69, 9.17) is 16.3 Å². The number of aromatic nitrogens is 1. The summed E-state index contributed by atoms with van der Waals surface area (Å²) in [6.45, 7) is 5.34. The zero-order chi connectivity index (χ0) is 22.3. The highest BCUT2D eigenvalue weighted by molar-refractivity contribution is 6.30. The molecule has 0 aliphatic carbocycles. The van der Waals surface area contributed by atoms with Crippen molar-refractivity contribution in [2.75, 3.05) is 31.1 Å². The van der Waals surface area contributed by atoms with Gasteiger partial charge in [-0.25, -0.2) is 0 Å². The lowest BCUT2D eigenvalue weighted by Gasteiger charge is -2.35. The van der Waals surface area contributed by atoms with Crippen LogP contribution in [0.2, 0.25) is 5.02 Å². The molecule has 1 saturated heterocycles. The minimum atomic E-state index is 0.151. The number of carbonyl (C=O) groups excluding carboxylic acids is 1. The summed E-state index contributed by atoms with van der Waals surface area (Å²) in [5, 5.41) is 0.678. The third-order valence-corrected chi connectivity index (χ3v) is 5.69. The lowest BCUT2D eigenvalue weighted by Crippen LogP contribution is -2.48.